The monoisotopic (exact) mass is 284 g/mol. The van der Waals surface area contributed by atoms with Crippen LogP contribution in [0.5, 0.6) is 5.75 Å². The summed E-state index contributed by atoms with van der Waals surface area (Å²) in [5.74, 6) is 0.874. The zero-order chi connectivity index (χ0) is 14.7. The van der Waals surface area contributed by atoms with E-state index < -0.39 is 0 Å². The van der Waals surface area contributed by atoms with Crippen molar-refractivity contribution in [3.05, 3.63) is 63.6 Å². The molecule has 0 bridgehead atoms. The summed E-state index contributed by atoms with van der Waals surface area (Å²) in [5.41, 5.74) is 3.53. The predicted octanol–water partition coefficient (Wildman–Crippen LogP) is 2.55. The second-order valence-corrected chi connectivity index (χ2v) is 5.43. The van der Waals surface area contributed by atoms with E-state index in [1.807, 2.05) is 18.2 Å². The Balaban J connectivity index is 1.70. The molecule has 21 heavy (non-hydrogen) atoms. The Morgan fingerprint density at radius 1 is 1.24 bits per heavy atom. The first-order valence-corrected chi connectivity index (χ1v) is 7.34. The number of aromatic nitrogens is 1. The highest BCUT2D eigenvalue weighted by Gasteiger charge is 2.20. The van der Waals surface area contributed by atoms with Crippen LogP contribution in [0, 0.1) is 0 Å². The van der Waals surface area contributed by atoms with Crippen LogP contribution in [0.2, 0.25) is 0 Å². The standard InChI is InChI=1S/C17H20N2O2/c1-21-13-7-5-12(6-8-13)11-18-15-3-2-4-16-14(15)9-10-17(20)19-16/h5-10,15,18H,2-4,11H2,1H3,(H,19,20). The van der Waals surface area contributed by atoms with Crippen LogP contribution in [0.15, 0.2) is 41.2 Å². The summed E-state index contributed by atoms with van der Waals surface area (Å²) in [7, 11) is 1.67. The summed E-state index contributed by atoms with van der Waals surface area (Å²) >= 11 is 0. The summed E-state index contributed by atoms with van der Waals surface area (Å²) in [6.45, 7) is 0.813. The van der Waals surface area contributed by atoms with Crippen LogP contribution in [-0.2, 0) is 13.0 Å². The minimum absolute atomic E-state index is 0.00967. The summed E-state index contributed by atoms with van der Waals surface area (Å²) in [6, 6.07) is 12.0. The predicted molar refractivity (Wildman–Crippen MR) is 82.6 cm³/mol. The minimum Gasteiger partial charge on any atom is -0.497 e. The highest BCUT2D eigenvalue weighted by molar-refractivity contribution is 5.29. The van der Waals surface area contributed by atoms with Crippen molar-refractivity contribution in [3.63, 3.8) is 0 Å². The minimum atomic E-state index is -0.00967. The van der Waals surface area contributed by atoms with Gasteiger partial charge in [0.15, 0.2) is 0 Å². The average molecular weight is 284 g/mol. The molecule has 1 aromatic carbocycles. The number of aromatic amines is 1. The zero-order valence-corrected chi connectivity index (χ0v) is 12.2. The molecule has 0 spiro atoms. The van der Waals surface area contributed by atoms with Crippen molar-refractivity contribution in [1.82, 2.24) is 10.3 Å². The van der Waals surface area contributed by atoms with Crippen molar-refractivity contribution in [2.24, 2.45) is 0 Å². The summed E-state index contributed by atoms with van der Waals surface area (Å²) in [5, 5.41) is 3.59. The van der Waals surface area contributed by atoms with Crippen molar-refractivity contribution in [1.29, 1.82) is 0 Å². The average Bonchev–Trinajstić information content (AvgIpc) is 2.53. The molecule has 1 atom stereocenters. The fourth-order valence-corrected chi connectivity index (χ4v) is 2.90. The molecule has 1 aliphatic rings. The molecule has 1 unspecified atom stereocenters. The van der Waals surface area contributed by atoms with Crippen molar-refractivity contribution in [2.75, 3.05) is 7.11 Å². The number of nitrogens with one attached hydrogen (secondary N) is 2. The molecule has 1 heterocycles. The second kappa shape index (κ2) is 6.14. The molecular formula is C17H20N2O2. The molecule has 0 amide bonds. The molecular weight excluding hydrogens is 264 g/mol. The van der Waals surface area contributed by atoms with Crippen LogP contribution in [0.3, 0.4) is 0 Å². The van der Waals surface area contributed by atoms with E-state index in [9.17, 15) is 4.79 Å². The number of pyridine rings is 1. The lowest BCUT2D eigenvalue weighted by molar-refractivity contribution is 0.414. The van der Waals surface area contributed by atoms with Gasteiger partial charge >= 0.3 is 0 Å². The summed E-state index contributed by atoms with van der Waals surface area (Å²) < 4.78 is 5.17. The summed E-state index contributed by atoms with van der Waals surface area (Å²) in [6.07, 6.45) is 3.18. The fourth-order valence-electron chi connectivity index (χ4n) is 2.90. The number of rotatable bonds is 4. The largest absolute Gasteiger partial charge is 0.497 e. The van der Waals surface area contributed by atoms with E-state index in [1.165, 1.54) is 11.1 Å². The molecule has 4 heteroatoms. The van der Waals surface area contributed by atoms with Crippen molar-refractivity contribution in [2.45, 2.75) is 31.8 Å². The van der Waals surface area contributed by atoms with Crippen LogP contribution in [0.25, 0.3) is 0 Å². The molecule has 0 aliphatic heterocycles. The SMILES string of the molecule is COc1ccc(CNC2CCCc3[nH]c(=O)ccc32)cc1. The first kappa shape index (κ1) is 13.9. The Morgan fingerprint density at radius 3 is 2.81 bits per heavy atom. The maximum atomic E-state index is 11.4. The van der Waals surface area contributed by atoms with Crippen LogP contribution in [-0.4, -0.2) is 12.1 Å². The van der Waals surface area contributed by atoms with E-state index in [4.69, 9.17) is 4.74 Å². The molecule has 2 N–H and O–H groups in total. The zero-order valence-electron chi connectivity index (χ0n) is 12.2. The number of fused-ring (bicyclic) bond motifs is 1. The van der Waals surface area contributed by atoms with Crippen LogP contribution in [0.4, 0.5) is 0 Å². The number of aryl methyl sites for hydroxylation is 1. The van der Waals surface area contributed by atoms with Gasteiger partial charge in [-0.05, 0) is 42.5 Å². The van der Waals surface area contributed by atoms with E-state index in [2.05, 4.69) is 22.4 Å². The lowest BCUT2D eigenvalue weighted by Gasteiger charge is -2.26. The first-order valence-electron chi connectivity index (χ1n) is 7.34. The number of ether oxygens (including phenoxy) is 1. The maximum absolute atomic E-state index is 11.4. The smallest absolute Gasteiger partial charge is 0.248 e. The van der Waals surface area contributed by atoms with Gasteiger partial charge in [-0.25, -0.2) is 0 Å². The van der Waals surface area contributed by atoms with Crippen LogP contribution in [0.1, 0.15) is 35.7 Å². The van der Waals surface area contributed by atoms with Gasteiger partial charge in [-0.15, -0.1) is 0 Å². The molecule has 1 aromatic heterocycles. The maximum Gasteiger partial charge on any atom is 0.248 e. The summed E-state index contributed by atoms with van der Waals surface area (Å²) in [4.78, 5) is 14.4. The molecule has 3 rings (SSSR count). The first-order chi connectivity index (χ1) is 10.3. The van der Waals surface area contributed by atoms with Crippen LogP contribution < -0.4 is 15.6 Å². The van der Waals surface area contributed by atoms with Crippen molar-refractivity contribution in [3.8, 4) is 5.75 Å². The fraction of sp³-hybridized carbons (Fsp3) is 0.353. The third-order valence-electron chi connectivity index (χ3n) is 4.04. The third kappa shape index (κ3) is 3.16. The van der Waals surface area contributed by atoms with Gasteiger partial charge in [-0.3, -0.25) is 4.79 Å². The topological polar surface area (TPSA) is 54.1 Å². The number of hydrogen-bond donors (Lipinski definition) is 2. The Labute approximate surface area is 124 Å². The van der Waals surface area contributed by atoms with Gasteiger partial charge in [0.25, 0.3) is 0 Å². The molecule has 0 saturated heterocycles. The number of benzene rings is 1. The highest BCUT2D eigenvalue weighted by atomic mass is 16.5. The van der Waals surface area contributed by atoms with E-state index in [0.717, 1.165) is 37.3 Å². The van der Waals surface area contributed by atoms with Gasteiger partial charge in [-0.2, -0.15) is 0 Å². The van der Waals surface area contributed by atoms with E-state index >= 15 is 0 Å². The molecule has 0 saturated carbocycles. The molecule has 2 aromatic rings. The van der Waals surface area contributed by atoms with E-state index in [-0.39, 0.29) is 5.56 Å². The third-order valence-corrected chi connectivity index (χ3v) is 4.04. The molecule has 0 fully saturated rings. The Kier molecular flexibility index (Phi) is 4.06. The van der Waals surface area contributed by atoms with Gasteiger partial charge in [0.1, 0.15) is 5.75 Å². The Bertz CT molecular complexity index is 661. The van der Waals surface area contributed by atoms with Gasteiger partial charge < -0.3 is 15.0 Å². The van der Waals surface area contributed by atoms with Gasteiger partial charge in [0.2, 0.25) is 5.56 Å². The lowest BCUT2D eigenvalue weighted by Crippen LogP contribution is -2.27. The molecule has 110 valence electrons. The van der Waals surface area contributed by atoms with Gasteiger partial charge in [0, 0.05) is 24.3 Å². The Morgan fingerprint density at radius 2 is 2.05 bits per heavy atom. The van der Waals surface area contributed by atoms with Crippen molar-refractivity contribution >= 4 is 0 Å². The normalized spacial score (nSPS) is 17.3. The molecule has 0 radical (unpaired) electrons. The quantitative estimate of drug-likeness (QED) is 0.907. The van der Waals surface area contributed by atoms with Gasteiger partial charge in [0.05, 0.1) is 7.11 Å². The van der Waals surface area contributed by atoms with Crippen LogP contribution >= 0.6 is 0 Å². The number of hydrogen-bond acceptors (Lipinski definition) is 3. The highest BCUT2D eigenvalue weighted by Crippen LogP contribution is 2.27. The van der Waals surface area contributed by atoms with Gasteiger partial charge in [-0.1, -0.05) is 18.2 Å². The van der Waals surface area contributed by atoms with E-state index in [0.29, 0.717) is 6.04 Å². The second-order valence-electron chi connectivity index (χ2n) is 5.43. The molecule has 1 aliphatic carbocycles. The molecule has 4 nitrogen and oxygen atoms in total. The number of H-pyrrole nitrogens is 1. The van der Waals surface area contributed by atoms with Crippen molar-refractivity contribution < 1.29 is 4.74 Å². The van der Waals surface area contributed by atoms with E-state index in [1.54, 1.807) is 13.2 Å². The lowest BCUT2D eigenvalue weighted by atomic mass is 9.91. The number of methoxy groups -OCH3 is 1. The Hall–Kier alpha value is -2.07.